The van der Waals surface area contributed by atoms with Gasteiger partial charge in [-0.2, -0.15) is 27.4 Å². The van der Waals surface area contributed by atoms with Gasteiger partial charge in [0.1, 0.15) is 81.1 Å². The van der Waals surface area contributed by atoms with Crippen LogP contribution in [0.4, 0.5) is 42.4 Å². The number of likely N-dealkylation sites (tertiary alicyclic amines) is 5. The van der Waals surface area contributed by atoms with Crippen LogP contribution in [-0.2, 0) is 47.5 Å². The number of carbonyl (C=O) groups is 4. The van der Waals surface area contributed by atoms with Crippen molar-refractivity contribution in [1.82, 2.24) is 44.4 Å². The highest BCUT2D eigenvalue weighted by atomic mass is 79.9. The molecule has 124 heavy (non-hydrogen) atoms. The number of nitrogens with zero attached hydrogens (tertiary/aromatic N) is 10. The molecule has 34 nitrogen and oxygen atoms in total. The predicted octanol–water partition coefficient (Wildman–Crippen LogP) is 14.1. The van der Waals surface area contributed by atoms with E-state index in [1.807, 2.05) is 61.5 Å². The maximum atomic E-state index is 12.2. The minimum Gasteiger partial charge on any atom is -0.493 e. The van der Waals surface area contributed by atoms with E-state index >= 15 is 0 Å². The normalized spacial score (nSPS) is 18.0. The highest BCUT2D eigenvalue weighted by molar-refractivity contribution is 9.12. The molecule has 0 bridgehead atoms. The molecule has 4 aromatic heterocycles. The van der Waals surface area contributed by atoms with E-state index in [1.54, 1.807) is 144 Å². The number of benzene rings is 2. The Kier molecular flexibility index (Phi) is 42.4. The fraction of sp³-hybridized carbons (Fsp3) is 0.563. The van der Waals surface area contributed by atoms with Crippen molar-refractivity contribution < 1.29 is 82.6 Å². The van der Waals surface area contributed by atoms with E-state index in [1.165, 1.54) is 68.3 Å². The quantitative estimate of drug-likeness (QED) is 0.0264. The fourth-order valence-electron chi connectivity index (χ4n) is 13.1. The zero-order valence-electron chi connectivity index (χ0n) is 74.0. The van der Waals surface area contributed by atoms with Gasteiger partial charge in [0.25, 0.3) is 20.2 Å². The third-order valence-electron chi connectivity index (χ3n) is 19.1. The topological polar surface area (TPSA) is 479 Å². The van der Waals surface area contributed by atoms with E-state index in [0.717, 1.165) is 87.3 Å². The molecule has 6 fully saturated rings. The number of aliphatic hydroxyl groups is 1. The minimum absolute atomic E-state index is 0.0270. The Bertz CT molecular complexity index is 4540. The minimum atomic E-state index is -3.83. The molecule has 4 amide bonds. The van der Waals surface area contributed by atoms with Crippen LogP contribution in [0, 0.1) is 41.5 Å². The second-order valence-electron chi connectivity index (χ2n) is 34.2. The van der Waals surface area contributed by atoms with Gasteiger partial charge in [-0.15, -0.1) is 0 Å². The van der Waals surface area contributed by atoms with Gasteiger partial charge >= 0.3 is 24.4 Å². The van der Waals surface area contributed by atoms with Crippen LogP contribution in [0.5, 0.6) is 17.2 Å². The molecule has 0 radical (unpaired) electrons. The molecule has 684 valence electrons. The molecule has 37 heteroatoms. The highest BCUT2D eigenvalue weighted by Gasteiger charge is 2.38. The summed E-state index contributed by atoms with van der Waals surface area (Å²) in [6.45, 7) is 30.7. The molecule has 12 rings (SSSR count). The molecule has 9 heterocycles. The Balaban J connectivity index is 0.000000260. The molecular formula is C87H128BrN15O19S2. The summed E-state index contributed by atoms with van der Waals surface area (Å²) in [7, 11) is -7.66. The lowest BCUT2D eigenvalue weighted by Gasteiger charge is -2.28. The van der Waals surface area contributed by atoms with Gasteiger partial charge in [-0.3, -0.25) is 13.2 Å². The average Bonchev–Trinajstić information content (AvgIpc) is 1.67. The first-order chi connectivity index (χ1) is 58.3. The Morgan fingerprint density at radius 3 is 1.09 bits per heavy atom. The van der Waals surface area contributed by atoms with Gasteiger partial charge in [0, 0.05) is 104 Å². The van der Waals surface area contributed by atoms with Crippen molar-refractivity contribution in [2.24, 2.45) is 5.92 Å². The number of hydrogen-bond donors (Lipinski definition) is 6. The number of pyridine rings is 4. The van der Waals surface area contributed by atoms with Crippen molar-refractivity contribution in [2.45, 2.75) is 249 Å². The number of nitrogens with one attached hydrogen (secondary N) is 1. The lowest BCUT2D eigenvalue weighted by Crippen LogP contribution is -2.42. The number of aryl methyl sites for hydroxylation is 2. The van der Waals surface area contributed by atoms with Crippen molar-refractivity contribution in [1.29, 1.82) is 10.5 Å². The third kappa shape index (κ3) is 39.6. The molecule has 1 saturated carbocycles. The number of carbonyl (C=O) groups excluding carboxylic acids is 4. The lowest BCUT2D eigenvalue weighted by molar-refractivity contribution is 0.0169. The van der Waals surface area contributed by atoms with Gasteiger partial charge in [0.15, 0.2) is 11.6 Å². The number of halogens is 1. The second-order valence-corrected chi connectivity index (χ2v) is 37.7. The number of H-pyrrole nitrogens is 1. The summed E-state index contributed by atoms with van der Waals surface area (Å²) in [6, 6.07) is 25.8. The molecule has 5 unspecified atom stereocenters. The Hall–Kier alpha value is -10.4. The maximum Gasteiger partial charge on any atom is 0.410 e. The summed E-state index contributed by atoms with van der Waals surface area (Å²) in [5.41, 5.74) is 21.7. The van der Waals surface area contributed by atoms with E-state index < -0.39 is 54.8 Å². The van der Waals surface area contributed by atoms with Gasteiger partial charge < -0.3 is 90.7 Å². The van der Waals surface area contributed by atoms with Gasteiger partial charge in [-0.25, -0.2) is 34.1 Å². The first-order valence-corrected chi connectivity index (χ1v) is 45.1. The number of nitrogen functional groups attached to an aromatic ring is 4. The molecule has 5 atom stereocenters. The largest absolute Gasteiger partial charge is 0.493 e. The number of nitriles is 2. The second kappa shape index (κ2) is 50.5. The third-order valence-corrected chi connectivity index (χ3v) is 21.7. The van der Waals surface area contributed by atoms with Crippen LogP contribution < -0.4 is 42.6 Å². The summed E-state index contributed by atoms with van der Waals surface area (Å²) in [5, 5.41) is 25.1. The molecule has 10 N–H and O–H groups in total. The molecule has 1 aliphatic carbocycles. The number of hydrogen-bond acceptors (Lipinski definition) is 29. The summed E-state index contributed by atoms with van der Waals surface area (Å²) in [6.07, 6.45) is 21.2. The summed E-state index contributed by atoms with van der Waals surface area (Å²) in [4.78, 5) is 83.0. The zero-order chi connectivity index (χ0) is 92.0. The van der Waals surface area contributed by atoms with Gasteiger partial charge in [0.2, 0.25) is 0 Å². The number of rotatable bonds is 18. The van der Waals surface area contributed by atoms with E-state index in [4.69, 9.17) is 80.1 Å². The monoisotopic (exact) mass is 1830 g/mol. The van der Waals surface area contributed by atoms with Crippen molar-refractivity contribution >= 4 is 83.8 Å². The molecule has 5 saturated heterocycles. The number of ether oxygens (including phenoxy) is 7. The summed E-state index contributed by atoms with van der Waals surface area (Å²) < 4.78 is 97.7. The predicted molar refractivity (Wildman–Crippen MR) is 475 cm³/mol. The van der Waals surface area contributed by atoms with Crippen molar-refractivity contribution in [3.8, 4) is 28.4 Å². The van der Waals surface area contributed by atoms with E-state index in [0.29, 0.717) is 87.0 Å². The first-order valence-electron chi connectivity index (χ1n) is 41.4. The maximum absolute atomic E-state index is 12.2. The summed E-state index contributed by atoms with van der Waals surface area (Å²) >= 11 is 2.45. The first kappa shape index (κ1) is 104. The van der Waals surface area contributed by atoms with Crippen molar-refractivity contribution in [3.63, 3.8) is 0 Å². The number of aromatic nitrogens is 4. The van der Waals surface area contributed by atoms with Crippen molar-refractivity contribution in [3.05, 3.63) is 143 Å². The van der Waals surface area contributed by atoms with Crippen molar-refractivity contribution in [2.75, 3.05) is 95.3 Å². The molecule has 6 aromatic rings. The van der Waals surface area contributed by atoms with Gasteiger partial charge in [-0.05, 0) is 222 Å². The van der Waals surface area contributed by atoms with E-state index in [-0.39, 0.29) is 77.4 Å². The molecule has 6 aliphatic rings. The zero-order valence-corrected chi connectivity index (χ0v) is 77.2. The van der Waals surface area contributed by atoms with E-state index in [2.05, 4.69) is 42.1 Å². The molecular weight excluding hydrogens is 1700 g/mol. The fourth-order valence-corrected chi connectivity index (χ4v) is 15.0. The Morgan fingerprint density at radius 2 is 0.774 bits per heavy atom. The van der Waals surface area contributed by atoms with Crippen LogP contribution in [0.15, 0.2) is 136 Å². The lowest BCUT2D eigenvalue weighted by atomic mass is 10.1. The SMILES string of the molecule is CC(C)(C)OC(=O)N1CCCC1CO.CC(C)(C)OC(=O)N1CCCC1COc1ccnc(N)c1.Cc1ccc(S(=O)(=O)OCC2CCCN2C(=O)OC(C)(C)C)cc1.Cc1ccc(S(=O)(=O)OCC2CCCN2C(=O)OC(C)(C)C)cc1.N#CBr.N#CN1CCCC1COc1ccnc(N)c1.Nc1cc(=O)cc[nH]1.Nc1cc(OCC2CCCC2)ccn1. The number of amides is 4. The number of nitrogens with two attached hydrogens (primary N) is 4. The Labute approximate surface area is 739 Å². The van der Waals surface area contributed by atoms with Crippen LogP contribution in [0.3, 0.4) is 0 Å². The number of aromatic amines is 1. The molecule has 2 aromatic carbocycles. The van der Waals surface area contributed by atoms with Crippen LogP contribution in [0.25, 0.3) is 0 Å². The highest BCUT2D eigenvalue weighted by Crippen LogP contribution is 2.30. The van der Waals surface area contributed by atoms with Crippen LogP contribution in [-0.4, -0.2) is 216 Å². The average molecular weight is 1830 g/mol. The smallest absolute Gasteiger partial charge is 0.410 e. The van der Waals surface area contributed by atoms with Crippen LogP contribution in [0.2, 0.25) is 0 Å². The number of aliphatic hydroxyl groups excluding tert-OH is 1. The Morgan fingerprint density at radius 1 is 0.460 bits per heavy atom. The molecule has 5 aliphatic heterocycles. The van der Waals surface area contributed by atoms with Gasteiger partial charge in [0.05, 0.1) is 66.4 Å². The van der Waals surface area contributed by atoms with Gasteiger partial charge in [-0.1, -0.05) is 48.2 Å². The summed E-state index contributed by atoms with van der Waals surface area (Å²) in [5.74, 6) is 4.74. The number of anilines is 4. The molecule has 0 spiro atoms. The van der Waals surface area contributed by atoms with E-state index in [9.17, 15) is 40.8 Å². The standard InChI is InChI=1S/2C17H25NO5S.C15H23N3O3.C11H14N4O.C11H16N2O.C10H19NO3.C5H6N2O.CBrN/c2*1-13-7-9-15(10-8-13)24(20,21)22-12-14-6-5-11-18(14)16(19)23-17(2,3)4;1-15(2,3)21-14(19)18-8-4-5-11(18)10-20-12-6-7-17-13(16)9-12;12-8-15-5-1-2-9(15)7-16-10-3-4-14-11(13)6-10;12-11-7-10(5-6-13-11)14-8-9-3-1-2-4-9;1-10(2,3)14-9(13)11-6-4-5-8(11)7-12;6-5-3-4(8)1-2-7-5;2-1-3/h2*7-10,14H,5-6,11-12H2,1-4H3;6-7,9,11H,4-5,8,10H2,1-3H3,(H2,16,17);3-4,6,9H,1-2,5,7H2,(H2,13,14);5-7,9H,1-4,8H2,(H2,12,13);8,12H,4-7H2,1-3H3;1-3H,(H3,6,7,8);. The van der Waals surface area contributed by atoms with Crippen LogP contribution in [0.1, 0.15) is 184 Å². The van der Waals surface area contributed by atoms with Crippen LogP contribution >= 0.6 is 15.9 Å².